The number of phenols is 2. The minimum Gasteiger partial charge on any atom is -0.508 e. The molecule has 0 saturated heterocycles. The van der Waals surface area contributed by atoms with Crippen LogP contribution < -0.4 is 9.80 Å². The van der Waals surface area contributed by atoms with E-state index >= 15 is 0 Å². The second-order valence-electron chi connectivity index (χ2n) is 14.9. The van der Waals surface area contributed by atoms with Crippen LogP contribution in [0.15, 0.2) is 109 Å². The number of rotatable bonds is 18. The van der Waals surface area contributed by atoms with Crippen LogP contribution in [0.3, 0.4) is 0 Å². The van der Waals surface area contributed by atoms with E-state index < -0.39 is 0 Å². The van der Waals surface area contributed by atoms with Gasteiger partial charge in [-0.2, -0.15) is 0 Å². The Morgan fingerprint density at radius 1 is 0.414 bits per heavy atom. The minimum absolute atomic E-state index is 0.235. The van der Waals surface area contributed by atoms with Crippen LogP contribution >= 0.6 is 0 Å². The number of unbranched alkanes of at least 4 members (excludes halogenated alkanes) is 4. The van der Waals surface area contributed by atoms with Gasteiger partial charge in [0.2, 0.25) is 0 Å². The maximum absolute atomic E-state index is 9.88. The lowest BCUT2D eigenvalue weighted by Crippen LogP contribution is -2.25. The summed E-state index contributed by atoms with van der Waals surface area (Å²) in [5.74, 6) is 14.4. The Morgan fingerprint density at radius 2 is 0.741 bits per heavy atom. The third kappa shape index (κ3) is 13.5. The van der Waals surface area contributed by atoms with E-state index in [-0.39, 0.29) is 11.5 Å². The van der Waals surface area contributed by atoms with Crippen LogP contribution in [0.4, 0.5) is 11.4 Å². The molecular weight excluding hydrogens is 709 g/mol. The highest BCUT2D eigenvalue weighted by Gasteiger charge is 2.09. The Hall–Kier alpha value is -6.10. The largest absolute Gasteiger partial charge is 0.508 e. The summed E-state index contributed by atoms with van der Waals surface area (Å²) in [6, 6.07) is 35.9. The SMILES string of the molecule is CCCCN(CCCC)c1ccc(C#Cc2cc(C=Cc3ccc(O)cc3)c(C#Cc3ccc(N(CCCC)CCCC)cc3)cc2C=Cc2ccc(O)cc2)cc1. The van der Waals surface area contributed by atoms with E-state index in [0.717, 1.165) is 70.7 Å². The summed E-state index contributed by atoms with van der Waals surface area (Å²) in [7, 11) is 0. The van der Waals surface area contributed by atoms with Gasteiger partial charge in [0.25, 0.3) is 0 Å². The highest BCUT2D eigenvalue weighted by molar-refractivity contribution is 5.80. The quantitative estimate of drug-likeness (QED) is 0.0688. The van der Waals surface area contributed by atoms with Gasteiger partial charge in [-0.05, 0) is 133 Å². The molecule has 5 rings (SSSR count). The van der Waals surface area contributed by atoms with Crippen molar-refractivity contribution in [3.63, 3.8) is 0 Å². The van der Waals surface area contributed by atoms with E-state index in [1.807, 2.05) is 36.4 Å². The van der Waals surface area contributed by atoms with Gasteiger partial charge in [0.05, 0.1) is 0 Å². The van der Waals surface area contributed by atoms with E-state index in [0.29, 0.717) is 0 Å². The molecule has 0 unspecified atom stereocenters. The third-order valence-corrected chi connectivity index (χ3v) is 10.2. The van der Waals surface area contributed by atoms with Crippen molar-refractivity contribution in [2.45, 2.75) is 79.1 Å². The van der Waals surface area contributed by atoms with Gasteiger partial charge in [-0.1, -0.05) is 126 Å². The van der Waals surface area contributed by atoms with Crippen LogP contribution in [0.2, 0.25) is 0 Å². The Labute approximate surface area is 348 Å². The summed E-state index contributed by atoms with van der Waals surface area (Å²) in [5, 5.41) is 19.8. The molecule has 5 aromatic rings. The summed E-state index contributed by atoms with van der Waals surface area (Å²) >= 11 is 0. The lowest BCUT2D eigenvalue weighted by molar-refractivity contribution is 0.474. The molecule has 0 radical (unpaired) electrons. The van der Waals surface area contributed by atoms with Gasteiger partial charge in [0.1, 0.15) is 11.5 Å². The number of hydrogen-bond acceptors (Lipinski definition) is 4. The van der Waals surface area contributed by atoms with Gasteiger partial charge in [-0.15, -0.1) is 0 Å². The summed E-state index contributed by atoms with van der Waals surface area (Å²) in [6.07, 6.45) is 17.7. The molecule has 0 amide bonds. The van der Waals surface area contributed by atoms with Gasteiger partial charge < -0.3 is 20.0 Å². The van der Waals surface area contributed by atoms with E-state index in [9.17, 15) is 10.2 Å². The topological polar surface area (TPSA) is 46.9 Å². The first-order valence-electron chi connectivity index (χ1n) is 21.2. The average Bonchev–Trinajstić information content (AvgIpc) is 3.25. The van der Waals surface area contributed by atoms with Crippen LogP contribution in [0.1, 0.15) is 124 Å². The smallest absolute Gasteiger partial charge is 0.115 e. The molecule has 0 aliphatic heterocycles. The highest BCUT2D eigenvalue weighted by atomic mass is 16.3. The fourth-order valence-corrected chi connectivity index (χ4v) is 6.59. The molecule has 4 heteroatoms. The average molecular weight is 769 g/mol. The molecule has 0 heterocycles. The van der Waals surface area contributed by atoms with Crippen LogP contribution in [-0.2, 0) is 0 Å². The summed E-state index contributed by atoms with van der Waals surface area (Å²) in [4.78, 5) is 4.99. The second-order valence-corrected chi connectivity index (χ2v) is 14.9. The minimum atomic E-state index is 0.235. The number of anilines is 2. The summed E-state index contributed by atoms with van der Waals surface area (Å²) in [6.45, 7) is 13.2. The van der Waals surface area contributed by atoms with Crippen molar-refractivity contribution >= 4 is 35.7 Å². The normalized spacial score (nSPS) is 11.0. The number of hydrogen-bond donors (Lipinski definition) is 2. The Bertz CT molecular complexity index is 2010. The number of benzene rings is 5. The first-order valence-corrected chi connectivity index (χ1v) is 21.2. The summed E-state index contributed by atoms with van der Waals surface area (Å²) in [5.41, 5.74) is 10.0. The van der Waals surface area contributed by atoms with Crippen LogP contribution in [0.5, 0.6) is 11.5 Å². The van der Waals surface area contributed by atoms with Gasteiger partial charge >= 0.3 is 0 Å². The lowest BCUT2D eigenvalue weighted by Gasteiger charge is -2.24. The predicted octanol–water partition coefficient (Wildman–Crippen LogP) is 13.1. The molecule has 58 heavy (non-hydrogen) atoms. The molecular formula is C54H60N2O2. The first kappa shape index (κ1) is 43.0. The van der Waals surface area contributed by atoms with Crippen molar-refractivity contribution in [3.8, 4) is 35.2 Å². The first-order chi connectivity index (χ1) is 28.4. The van der Waals surface area contributed by atoms with Gasteiger partial charge in [-0.3, -0.25) is 0 Å². The Kier molecular flexibility index (Phi) is 17.2. The van der Waals surface area contributed by atoms with E-state index in [1.165, 1.54) is 62.7 Å². The molecule has 0 fully saturated rings. The number of nitrogens with zero attached hydrogens (tertiary/aromatic N) is 2. The van der Waals surface area contributed by atoms with Crippen LogP contribution in [0.25, 0.3) is 24.3 Å². The fourth-order valence-electron chi connectivity index (χ4n) is 6.59. The van der Waals surface area contributed by atoms with Crippen molar-refractivity contribution in [3.05, 3.63) is 154 Å². The van der Waals surface area contributed by atoms with Crippen LogP contribution in [-0.4, -0.2) is 36.4 Å². The molecule has 5 aromatic carbocycles. The molecule has 0 spiro atoms. The molecule has 0 atom stereocenters. The third-order valence-electron chi connectivity index (χ3n) is 10.2. The molecule has 0 aliphatic carbocycles. The van der Waals surface area contributed by atoms with Gasteiger partial charge in [0, 0.05) is 59.8 Å². The second kappa shape index (κ2) is 23.2. The maximum atomic E-state index is 9.88. The summed E-state index contributed by atoms with van der Waals surface area (Å²) < 4.78 is 0. The molecule has 0 aromatic heterocycles. The molecule has 298 valence electrons. The zero-order chi connectivity index (χ0) is 41.0. The zero-order valence-corrected chi connectivity index (χ0v) is 35.0. The standard InChI is InChI=1S/C54H60N2O2/c1-5-9-37-55(38-10-6-2)51-29-17-43(18-30-51)13-25-47-41-50(28-16-46-23-35-54(58)36-24-46)48(42-49(47)27-15-45-21-33-53(57)34-22-45)26-14-44-19-31-52(32-20-44)56(39-11-7-3)40-12-8-4/h15-24,27-36,41-42,57-58H,5-12,37-40H2,1-4H3. The Morgan fingerprint density at radius 3 is 1.05 bits per heavy atom. The van der Waals surface area contributed by atoms with Gasteiger partial charge in [-0.25, -0.2) is 0 Å². The fraction of sp³-hybridized carbons (Fsp3) is 0.296. The predicted molar refractivity (Wildman–Crippen MR) is 249 cm³/mol. The molecule has 2 N–H and O–H groups in total. The van der Waals surface area contributed by atoms with Crippen molar-refractivity contribution in [1.29, 1.82) is 0 Å². The monoisotopic (exact) mass is 768 g/mol. The Balaban J connectivity index is 1.55. The molecule has 0 aliphatic rings. The maximum Gasteiger partial charge on any atom is 0.115 e. The lowest BCUT2D eigenvalue weighted by atomic mass is 9.96. The van der Waals surface area contributed by atoms with Crippen molar-refractivity contribution < 1.29 is 10.2 Å². The van der Waals surface area contributed by atoms with E-state index in [2.05, 4.69) is 134 Å². The van der Waals surface area contributed by atoms with E-state index in [4.69, 9.17) is 0 Å². The highest BCUT2D eigenvalue weighted by Crippen LogP contribution is 2.24. The van der Waals surface area contributed by atoms with Crippen molar-refractivity contribution in [2.24, 2.45) is 0 Å². The van der Waals surface area contributed by atoms with E-state index in [1.54, 1.807) is 24.3 Å². The van der Waals surface area contributed by atoms with Crippen LogP contribution in [0, 0.1) is 23.7 Å². The zero-order valence-electron chi connectivity index (χ0n) is 35.0. The van der Waals surface area contributed by atoms with Crippen molar-refractivity contribution in [1.82, 2.24) is 0 Å². The number of aromatic hydroxyl groups is 2. The molecule has 0 bridgehead atoms. The molecule has 0 saturated carbocycles. The van der Waals surface area contributed by atoms with Crippen molar-refractivity contribution in [2.75, 3.05) is 36.0 Å². The number of phenolic OH excluding ortho intramolecular Hbond substituents is 2. The van der Waals surface area contributed by atoms with Gasteiger partial charge in [0.15, 0.2) is 0 Å². The molecule has 4 nitrogen and oxygen atoms in total.